The van der Waals surface area contributed by atoms with Crippen molar-refractivity contribution in [3.63, 3.8) is 0 Å². The Kier molecular flexibility index (Phi) is 6.49. The molecule has 3 rings (SSSR count). The second-order valence-electron chi connectivity index (χ2n) is 6.95. The molecule has 0 bridgehead atoms. The number of hydrogen-bond acceptors (Lipinski definition) is 6. The number of rotatable bonds is 6. The molecule has 0 saturated carbocycles. The summed E-state index contributed by atoms with van der Waals surface area (Å²) in [6.45, 7) is 2.25. The number of pyridine rings is 1. The van der Waals surface area contributed by atoms with Crippen LogP contribution >= 0.6 is 0 Å². The van der Waals surface area contributed by atoms with E-state index in [0.29, 0.717) is 12.4 Å². The lowest BCUT2D eigenvalue weighted by atomic mass is 9.95. The van der Waals surface area contributed by atoms with Crippen LogP contribution in [0.5, 0.6) is 0 Å². The molecule has 1 N–H and O–H groups in total. The third-order valence-electron chi connectivity index (χ3n) is 4.48. The van der Waals surface area contributed by atoms with Gasteiger partial charge in [0, 0.05) is 37.8 Å². The molecule has 142 valence electrons. The summed E-state index contributed by atoms with van der Waals surface area (Å²) >= 11 is 0. The van der Waals surface area contributed by atoms with Crippen LogP contribution in [-0.2, 0) is 4.79 Å². The van der Waals surface area contributed by atoms with E-state index in [9.17, 15) is 4.79 Å². The lowest BCUT2D eigenvalue weighted by Crippen LogP contribution is -2.38. The van der Waals surface area contributed by atoms with Crippen molar-refractivity contribution >= 4 is 17.5 Å². The van der Waals surface area contributed by atoms with Gasteiger partial charge >= 0.3 is 0 Å². The first kappa shape index (κ1) is 19.0. The van der Waals surface area contributed by atoms with Crippen LogP contribution in [0.25, 0.3) is 0 Å². The van der Waals surface area contributed by atoms with E-state index >= 15 is 0 Å². The summed E-state index contributed by atoms with van der Waals surface area (Å²) < 4.78 is 0. The van der Waals surface area contributed by atoms with Gasteiger partial charge in [-0.25, -0.2) is 9.97 Å². The van der Waals surface area contributed by atoms with Gasteiger partial charge in [-0.3, -0.25) is 9.78 Å². The number of carbonyl (C=O) groups is 1. The van der Waals surface area contributed by atoms with Gasteiger partial charge < -0.3 is 15.1 Å². The average molecular weight is 366 g/mol. The molecule has 27 heavy (non-hydrogen) atoms. The first-order chi connectivity index (χ1) is 13.1. The summed E-state index contributed by atoms with van der Waals surface area (Å²) in [5, 5.41) is 3.13. The van der Waals surface area contributed by atoms with Gasteiger partial charge in [0.2, 0.25) is 5.91 Å². The SMILES string of the molecule is CN(C)C/C=C/C(=O)N1CCC[C@@H](c2cnc(Nc3ccccn3)cn2)C1. The number of anilines is 2. The molecule has 2 aromatic rings. The Morgan fingerprint density at radius 3 is 2.85 bits per heavy atom. The fourth-order valence-corrected chi connectivity index (χ4v) is 3.07. The number of piperidine rings is 1. The Morgan fingerprint density at radius 1 is 1.26 bits per heavy atom. The Morgan fingerprint density at radius 2 is 2.15 bits per heavy atom. The molecule has 1 saturated heterocycles. The first-order valence-corrected chi connectivity index (χ1v) is 9.22. The highest BCUT2D eigenvalue weighted by Gasteiger charge is 2.24. The van der Waals surface area contributed by atoms with Crippen molar-refractivity contribution in [2.24, 2.45) is 0 Å². The van der Waals surface area contributed by atoms with Crippen molar-refractivity contribution in [2.75, 3.05) is 39.0 Å². The van der Waals surface area contributed by atoms with Gasteiger partial charge in [0.05, 0.1) is 18.1 Å². The van der Waals surface area contributed by atoms with Crippen molar-refractivity contribution in [3.05, 3.63) is 54.6 Å². The van der Waals surface area contributed by atoms with Crippen LogP contribution in [0.1, 0.15) is 24.5 Å². The van der Waals surface area contributed by atoms with Crippen molar-refractivity contribution < 1.29 is 4.79 Å². The smallest absolute Gasteiger partial charge is 0.246 e. The van der Waals surface area contributed by atoms with Crippen molar-refractivity contribution in [1.29, 1.82) is 0 Å². The highest BCUT2D eigenvalue weighted by molar-refractivity contribution is 5.87. The molecule has 1 aliphatic heterocycles. The van der Waals surface area contributed by atoms with Gasteiger partial charge in [0.25, 0.3) is 0 Å². The van der Waals surface area contributed by atoms with E-state index in [4.69, 9.17) is 0 Å². The predicted molar refractivity (Wildman–Crippen MR) is 106 cm³/mol. The minimum absolute atomic E-state index is 0.0722. The van der Waals surface area contributed by atoms with E-state index in [1.165, 1.54) is 0 Å². The molecule has 0 aliphatic carbocycles. The lowest BCUT2D eigenvalue weighted by molar-refractivity contribution is -0.127. The molecule has 7 nitrogen and oxygen atoms in total. The van der Waals surface area contributed by atoms with Gasteiger partial charge in [-0.15, -0.1) is 0 Å². The maximum absolute atomic E-state index is 12.4. The van der Waals surface area contributed by atoms with Crippen LogP contribution in [0.3, 0.4) is 0 Å². The molecule has 1 aliphatic rings. The third kappa shape index (κ3) is 5.59. The number of aromatic nitrogens is 3. The molecule has 0 unspecified atom stereocenters. The Balaban J connectivity index is 1.59. The molecule has 1 fully saturated rings. The summed E-state index contributed by atoms with van der Waals surface area (Å²) in [6, 6.07) is 5.66. The van der Waals surface area contributed by atoms with Crippen LogP contribution < -0.4 is 5.32 Å². The lowest BCUT2D eigenvalue weighted by Gasteiger charge is -2.31. The number of nitrogens with zero attached hydrogens (tertiary/aromatic N) is 5. The highest BCUT2D eigenvalue weighted by atomic mass is 16.2. The Bertz CT molecular complexity index is 760. The normalized spacial score (nSPS) is 17.4. The number of likely N-dealkylation sites (N-methyl/N-ethyl adjacent to an activating group) is 1. The molecule has 0 radical (unpaired) electrons. The molecular weight excluding hydrogens is 340 g/mol. The van der Waals surface area contributed by atoms with Crippen LogP contribution in [0.15, 0.2) is 48.9 Å². The molecule has 3 heterocycles. The topological polar surface area (TPSA) is 74.2 Å². The van der Waals surface area contributed by atoms with Crippen LogP contribution in [0, 0.1) is 0 Å². The van der Waals surface area contributed by atoms with Crippen LogP contribution in [0.4, 0.5) is 11.6 Å². The molecule has 0 spiro atoms. The Labute approximate surface area is 160 Å². The van der Waals surface area contributed by atoms with E-state index in [0.717, 1.165) is 37.4 Å². The van der Waals surface area contributed by atoms with Gasteiger partial charge in [-0.05, 0) is 39.1 Å². The zero-order valence-corrected chi connectivity index (χ0v) is 15.9. The maximum atomic E-state index is 12.4. The minimum Gasteiger partial charge on any atom is -0.339 e. The average Bonchev–Trinajstić information content (AvgIpc) is 2.69. The summed E-state index contributed by atoms with van der Waals surface area (Å²) in [5.74, 6) is 1.69. The summed E-state index contributed by atoms with van der Waals surface area (Å²) in [5.41, 5.74) is 0.927. The van der Waals surface area contributed by atoms with E-state index in [1.807, 2.05) is 48.2 Å². The number of likely N-dealkylation sites (tertiary alicyclic amines) is 1. The van der Waals surface area contributed by atoms with Crippen molar-refractivity contribution in [2.45, 2.75) is 18.8 Å². The summed E-state index contributed by atoms with van der Waals surface area (Å²) in [4.78, 5) is 29.5. The molecule has 1 atom stereocenters. The number of hydrogen-bond donors (Lipinski definition) is 1. The van der Waals surface area contributed by atoms with Gasteiger partial charge in [0.1, 0.15) is 11.6 Å². The maximum Gasteiger partial charge on any atom is 0.246 e. The summed E-state index contributed by atoms with van der Waals surface area (Å²) in [6.07, 6.45) is 10.8. The number of nitrogens with one attached hydrogen (secondary N) is 1. The van der Waals surface area contributed by atoms with Gasteiger partial charge in [-0.1, -0.05) is 12.1 Å². The second kappa shape index (κ2) is 9.23. The number of carbonyl (C=O) groups excluding carboxylic acids is 1. The monoisotopic (exact) mass is 366 g/mol. The second-order valence-corrected chi connectivity index (χ2v) is 6.95. The zero-order chi connectivity index (χ0) is 19.1. The minimum atomic E-state index is 0.0722. The predicted octanol–water partition coefficient (Wildman–Crippen LogP) is 2.44. The molecule has 0 aromatic carbocycles. The molecule has 1 amide bonds. The first-order valence-electron chi connectivity index (χ1n) is 9.22. The van der Waals surface area contributed by atoms with E-state index < -0.39 is 0 Å². The fourth-order valence-electron chi connectivity index (χ4n) is 3.07. The largest absolute Gasteiger partial charge is 0.339 e. The Hall–Kier alpha value is -2.80. The fraction of sp³-hybridized carbons (Fsp3) is 0.400. The quantitative estimate of drug-likeness (QED) is 0.792. The van der Waals surface area contributed by atoms with E-state index in [2.05, 4.69) is 20.3 Å². The molecular formula is C20H26N6O. The molecule has 2 aromatic heterocycles. The van der Waals surface area contributed by atoms with Gasteiger partial charge in [0.15, 0.2) is 0 Å². The van der Waals surface area contributed by atoms with Crippen LogP contribution in [-0.4, -0.2) is 64.4 Å². The van der Waals surface area contributed by atoms with Crippen molar-refractivity contribution in [3.8, 4) is 0 Å². The third-order valence-corrected chi connectivity index (χ3v) is 4.48. The highest BCUT2D eigenvalue weighted by Crippen LogP contribution is 2.25. The van der Waals surface area contributed by atoms with Crippen LogP contribution in [0.2, 0.25) is 0 Å². The number of amides is 1. The summed E-state index contributed by atoms with van der Waals surface area (Å²) in [7, 11) is 3.97. The zero-order valence-electron chi connectivity index (χ0n) is 15.9. The van der Waals surface area contributed by atoms with E-state index in [-0.39, 0.29) is 11.8 Å². The van der Waals surface area contributed by atoms with Gasteiger partial charge in [-0.2, -0.15) is 0 Å². The molecule has 7 heteroatoms. The standard InChI is InChI=1S/C20H26N6O/c1-25(2)11-6-9-20(27)26-12-5-7-16(15-26)17-13-23-19(14-22-17)24-18-8-3-4-10-21-18/h3-4,6,8-10,13-14,16H,5,7,11-12,15H2,1-2H3,(H,21,23,24)/b9-6+/t16-/m1/s1. The van der Waals surface area contributed by atoms with E-state index in [1.54, 1.807) is 24.7 Å². The van der Waals surface area contributed by atoms with Crippen molar-refractivity contribution in [1.82, 2.24) is 24.8 Å².